The van der Waals surface area contributed by atoms with Gasteiger partial charge in [0.1, 0.15) is 0 Å². The Hall–Kier alpha value is -0.0800. The average Bonchev–Trinajstić information content (AvgIpc) is 2.10. The van der Waals surface area contributed by atoms with Gasteiger partial charge in [-0.15, -0.1) is 0 Å². The second kappa shape index (κ2) is 3.75. The highest BCUT2D eigenvalue weighted by molar-refractivity contribution is 4.67. The van der Waals surface area contributed by atoms with E-state index in [4.69, 9.17) is 0 Å². The largest absolute Gasteiger partial charge is 0.322 e. The van der Waals surface area contributed by atoms with Crippen molar-refractivity contribution in [1.82, 2.24) is 4.90 Å². The van der Waals surface area contributed by atoms with E-state index in [0.717, 1.165) is 6.04 Å². The van der Waals surface area contributed by atoms with Crippen molar-refractivity contribution in [2.45, 2.75) is 26.8 Å². The zero-order chi connectivity index (χ0) is 9.19. The van der Waals surface area contributed by atoms with Crippen LogP contribution in [0.1, 0.15) is 20.8 Å². The molecule has 2 heteroatoms. The Morgan fingerprint density at radius 1 is 1.42 bits per heavy atom. The fourth-order valence-corrected chi connectivity index (χ4v) is 2.01. The predicted octanol–water partition coefficient (Wildman–Crippen LogP) is 1.18. The molecular weight excluding hydrogens is 148 g/mol. The standard InChI is InChI=1S/C10H23N2/c1-5-11-7-8-12(4,6-2)10(3)9-11/h10H,5-9H2,1-4H3/q+1. The molecule has 0 aromatic rings. The predicted molar refractivity (Wildman–Crippen MR) is 53.2 cm³/mol. The fourth-order valence-electron chi connectivity index (χ4n) is 2.01. The van der Waals surface area contributed by atoms with Crippen molar-refractivity contribution in [2.75, 3.05) is 39.8 Å². The van der Waals surface area contributed by atoms with Crippen LogP contribution in [0.5, 0.6) is 0 Å². The van der Waals surface area contributed by atoms with Gasteiger partial charge in [-0.25, -0.2) is 0 Å². The van der Waals surface area contributed by atoms with Crippen molar-refractivity contribution in [3.8, 4) is 0 Å². The van der Waals surface area contributed by atoms with Gasteiger partial charge in [-0.2, -0.15) is 0 Å². The molecule has 0 saturated carbocycles. The van der Waals surface area contributed by atoms with Crippen molar-refractivity contribution in [3.05, 3.63) is 0 Å². The van der Waals surface area contributed by atoms with E-state index in [1.165, 1.54) is 37.2 Å². The fraction of sp³-hybridized carbons (Fsp3) is 1.00. The molecule has 72 valence electrons. The van der Waals surface area contributed by atoms with Crippen molar-refractivity contribution in [1.29, 1.82) is 0 Å². The summed E-state index contributed by atoms with van der Waals surface area (Å²) in [6, 6.07) is 0.809. The summed E-state index contributed by atoms with van der Waals surface area (Å²) in [5, 5.41) is 0. The minimum Gasteiger partial charge on any atom is -0.322 e. The molecule has 1 rings (SSSR count). The molecule has 1 fully saturated rings. The first-order valence-electron chi connectivity index (χ1n) is 5.19. The molecule has 0 aromatic heterocycles. The first kappa shape index (κ1) is 10.0. The van der Waals surface area contributed by atoms with Crippen LogP contribution in [0.15, 0.2) is 0 Å². The Labute approximate surface area is 76.7 Å². The Morgan fingerprint density at radius 2 is 2.08 bits per heavy atom. The minimum atomic E-state index is 0.809. The summed E-state index contributed by atoms with van der Waals surface area (Å²) in [4.78, 5) is 2.56. The smallest absolute Gasteiger partial charge is 0.0988 e. The van der Waals surface area contributed by atoms with Crippen LogP contribution in [0.25, 0.3) is 0 Å². The van der Waals surface area contributed by atoms with Gasteiger partial charge < -0.3 is 4.48 Å². The van der Waals surface area contributed by atoms with Crippen LogP contribution in [0.3, 0.4) is 0 Å². The molecule has 1 aliphatic heterocycles. The van der Waals surface area contributed by atoms with Crippen molar-refractivity contribution in [3.63, 3.8) is 0 Å². The number of hydrogen-bond acceptors (Lipinski definition) is 1. The molecule has 0 aliphatic carbocycles. The molecule has 2 atom stereocenters. The molecular formula is C10H23N2+. The van der Waals surface area contributed by atoms with Gasteiger partial charge in [-0.05, 0) is 20.4 Å². The lowest BCUT2D eigenvalue weighted by atomic mass is 10.1. The third-order valence-corrected chi connectivity index (χ3v) is 3.68. The van der Waals surface area contributed by atoms with E-state index < -0.39 is 0 Å². The Bertz CT molecular complexity index is 147. The molecule has 1 aliphatic rings. The van der Waals surface area contributed by atoms with Crippen molar-refractivity contribution < 1.29 is 4.48 Å². The lowest BCUT2D eigenvalue weighted by Crippen LogP contribution is -2.62. The Balaban J connectivity index is 2.53. The van der Waals surface area contributed by atoms with Crippen LogP contribution in [-0.4, -0.2) is 55.2 Å². The van der Waals surface area contributed by atoms with E-state index in [0.29, 0.717) is 0 Å². The van der Waals surface area contributed by atoms with Crippen LogP contribution >= 0.6 is 0 Å². The maximum Gasteiger partial charge on any atom is 0.0988 e. The summed E-state index contributed by atoms with van der Waals surface area (Å²) < 4.78 is 1.26. The summed E-state index contributed by atoms with van der Waals surface area (Å²) in [6.07, 6.45) is 0. The third-order valence-electron chi connectivity index (χ3n) is 3.68. The van der Waals surface area contributed by atoms with Gasteiger partial charge in [0, 0.05) is 6.54 Å². The van der Waals surface area contributed by atoms with Gasteiger partial charge in [0.05, 0.1) is 32.7 Å². The van der Waals surface area contributed by atoms with Crippen LogP contribution in [0.2, 0.25) is 0 Å². The number of hydrogen-bond donors (Lipinski definition) is 0. The Morgan fingerprint density at radius 3 is 2.50 bits per heavy atom. The van der Waals surface area contributed by atoms with Crippen LogP contribution in [0.4, 0.5) is 0 Å². The van der Waals surface area contributed by atoms with E-state index in [2.05, 4.69) is 32.7 Å². The van der Waals surface area contributed by atoms with E-state index >= 15 is 0 Å². The maximum atomic E-state index is 2.56. The number of rotatable bonds is 2. The number of nitrogens with zero attached hydrogens (tertiary/aromatic N) is 2. The van der Waals surface area contributed by atoms with Gasteiger partial charge in [-0.3, -0.25) is 4.90 Å². The average molecular weight is 171 g/mol. The van der Waals surface area contributed by atoms with E-state index in [9.17, 15) is 0 Å². The number of piperazine rings is 1. The molecule has 1 saturated heterocycles. The van der Waals surface area contributed by atoms with Gasteiger partial charge in [0.15, 0.2) is 0 Å². The molecule has 12 heavy (non-hydrogen) atoms. The quantitative estimate of drug-likeness (QED) is 0.564. The molecule has 0 bridgehead atoms. The summed E-state index contributed by atoms with van der Waals surface area (Å²) in [5.74, 6) is 0. The van der Waals surface area contributed by atoms with Crippen molar-refractivity contribution >= 4 is 0 Å². The maximum absolute atomic E-state index is 2.56. The molecule has 0 radical (unpaired) electrons. The van der Waals surface area contributed by atoms with Gasteiger partial charge in [0.2, 0.25) is 0 Å². The normalized spacial score (nSPS) is 38.5. The van der Waals surface area contributed by atoms with E-state index in [1.54, 1.807) is 0 Å². The van der Waals surface area contributed by atoms with Crippen LogP contribution in [-0.2, 0) is 0 Å². The number of quaternary nitrogens is 1. The zero-order valence-corrected chi connectivity index (χ0v) is 9.01. The Kier molecular flexibility index (Phi) is 3.13. The topological polar surface area (TPSA) is 3.24 Å². The van der Waals surface area contributed by atoms with Gasteiger partial charge >= 0.3 is 0 Å². The molecule has 1 heterocycles. The van der Waals surface area contributed by atoms with E-state index in [1.807, 2.05) is 0 Å². The second-order valence-corrected chi connectivity index (χ2v) is 4.26. The molecule has 0 amide bonds. The molecule has 0 N–H and O–H groups in total. The lowest BCUT2D eigenvalue weighted by Gasteiger charge is -2.46. The molecule has 0 aromatic carbocycles. The summed E-state index contributed by atoms with van der Waals surface area (Å²) in [5.41, 5.74) is 0. The minimum absolute atomic E-state index is 0.809. The summed E-state index contributed by atoms with van der Waals surface area (Å²) >= 11 is 0. The van der Waals surface area contributed by atoms with Gasteiger partial charge in [-0.1, -0.05) is 6.92 Å². The van der Waals surface area contributed by atoms with Crippen LogP contribution in [0, 0.1) is 0 Å². The molecule has 0 spiro atoms. The lowest BCUT2D eigenvalue weighted by molar-refractivity contribution is -0.934. The van der Waals surface area contributed by atoms with E-state index in [-0.39, 0.29) is 0 Å². The second-order valence-electron chi connectivity index (χ2n) is 4.26. The highest BCUT2D eigenvalue weighted by Gasteiger charge is 2.33. The van der Waals surface area contributed by atoms with Gasteiger partial charge in [0.25, 0.3) is 0 Å². The van der Waals surface area contributed by atoms with Crippen molar-refractivity contribution in [2.24, 2.45) is 0 Å². The highest BCUT2D eigenvalue weighted by atomic mass is 15.4. The van der Waals surface area contributed by atoms with Crippen LogP contribution < -0.4 is 0 Å². The third kappa shape index (κ3) is 1.80. The highest BCUT2D eigenvalue weighted by Crippen LogP contribution is 2.16. The SMILES string of the molecule is CCN1CC[N+](C)(CC)C(C)C1. The summed E-state index contributed by atoms with van der Waals surface area (Å²) in [6.45, 7) is 13.3. The number of likely N-dealkylation sites (N-methyl/N-ethyl adjacent to an activating group) is 2. The zero-order valence-electron chi connectivity index (χ0n) is 9.01. The first-order valence-corrected chi connectivity index (χ1v) is 5.19. The first-order chi connectivity index (χ1) is 5.62. The molecule has 2 nitrogen and oxygen atoms in total. The summed E-state index contributed by atoms with van der Waals surface area (Å²) in [7, 11) is 2.39. The molecule has 2 unspecified atom stereocenters. The monoisotopic (exact) mass is 171 g/mol.